The molecule has 4 nitrogen and oxygen atoms in total. The summed E-state index contributed by atoms with van der Waals surface area (Å²) in [7, 11) is 0. The lowest BCUT2D eigenvalue weighted by Gasteiger charge is -2.15. The summed E-state index contributed by atoms with van der Waals surface area (Å²) in [6, 6.07) is 17.2. The van der Waals surface area contributed by atoms with Gasteiger partial charge in [-0.2, -0.15) is 0 Å². The maximum Gasteiger partial charge on any atom is 0.247 e. The van der Waals surface area contributed by atoms with Crippen molar-refractivity contribution in [2.75, 3.05) is 5.32 Å². The lowest BCUT2D eigenvalue weighted by Crippen LogP contribution is -2.06. The van der Waals surface area contributed by atoms with Gasteiger partial charge in [-0.25, -0.2) is 0 Å². The molecule has 0 aliphatic heterocycles. The average molecular weight is 277 g/mol. The fourth-order valence-electron chi connectivity index (χ4n) is 2.92. The van der Waals surface area contributed by atoms with E-state index in [2.05, 4.69) is 51.9 Å². The number of anilines is 1. The van der Waals surface area contributed by atoms with Crippen molar-refractivity contribution in [2.24, 2.45) is 0 Å². The van der Waals surface area contributed by atoms with Crippen molar-refractivity contribution in [3.63, 3.8) is 0 Å². The van der Waals surface area contributed by atoms with Gasteiger partial charge in [-0.05, 0) is 48.2 Å². The Hall–Kier alpha value is -2.62. The molecule has 0 saturated carbocycles. The number of nitrogens with zero attached hydrogens (tertiary/aromatic N) is 2. The minimum absolute atomic E-state index is 0.399. The van der Waals surface area contributed by atoms with E-state index in [1.54, 1.807) is 0 Å². The molecule has 1 heterocycles. The van der Waals surface area contributed by atoms with E-state index in [0.29, 0.717) is 11.9 Å². The Labute approximate surface area is 122 Å². The highest BCUT2D eigenvalue weighted by molar-refractivity contribution is 5.59. The number of benzene rings is 2. The van der Waals surface area contributed by atoms with E-state index in [1.807, 2.05) is 12.1 Å². The smallest absolute Gasteiger partial charge is 0.247 e. The van der Waals surface area contributed by atoms with Crippen LogP contribution >= 0.6 is 0 Å². The second-order valence-corrected chi connectivity index (χ2v) is 5.26. The Morgan fingerprint density at radius 3 is 2.71 bits per heavy atom. The van der Waals surface area contributed by atoms with Gasteiger partial charge in [0.05, 0.1) is 6.04 Å². The first-order valence-corrected chi connectivity index (χ1v) is 7.11. The third-order valence-corrected chi connectivity index (χ3v) is 3.97. The third kappa shape index (κ3) is 2.29. The van der Waals surface area contributed by atoms with Gasteiger partial charge in [-0.1, -0.05) is 24.3 Å². The zero-order valence-electron chi connectivity index (χ0n) is 11.5. The van der Waals surface area contributed by atoms with Crippen LogP contribution in [0.2, 0.25) is 0 Å². The second-order valence-electron chi connectivity index (χ2n) is 5.26. The molecule has 1 aliphatic carbocycles. The Balaban J connectivity index is 1.53. The topological polar surface area (TPSA) is 51.0 Å². The molecule has 4 rings (SSSR count). The quantitative estimate of drug-likeness (QED) is 0.790. The van der Waals surface area contributed by atoms with Gasteiger partial charge in [0.1, 0.15) is 0 Å². The summed E-state index contributed by atoms with van der Waals surface area (Å²) in [6.07, 6.45) is 3.63. The average Bonchev–Trinajstić information content (AvgIpc) is 3.19. The van der Waals surface area contributed by atoms with Crippen LogP contribution in [0.1, 0.15) is 23.6 Å². The van der Waals surface area contributed by atoms with Crippen LogP contribution in [-0.2, 0) is 6.42 Å². The van der Waals surface area contributed by atoms with Gasteiger partial charge in [0, 0.05) is 11.3 Å². The Bertz CT molecular complexity index is 735. The zero-order valence-corrected chi connectivity index (χ0v) is 11.5. The van der Waals surface area contributed by atoms with Crippen LogP contribution in [-0.4, -0.2) is 10.2 Å². The fraction of sp³-hybridized carbons (Fsp3) is 0.176. The lowest BCUT2D eigenvalue weighted by atomic mass is 10.1. The summed E-state index contributed by atoms with van der Waals surface area (Å²) >= 11 is 0. The Morgan fingerprint density at radius 2 is 1.90 bits per heavy atom. The number of aryl methyl sites for hydroxylation is 1. The molecule has 4 heteroatoms. The number of fused-ring (bicyclic) bond motifs is 1. The molecule has 0 amide bonds. The molecule has 0 spiro atoms. The van der Waals surface area contributed by atoms with Crippen LogP contribution < -0.4 is 5.32 Å². The molecule has 104 valence electrons. The largest absolute Gasteiger partial charge is 0.423 e. The van der Waals surface area contributed by atoms with Crippen molar-refractivity contribution < 1.29 is 4.42 Å². The molecule has 1 aromatic heterocycles. The SMILES string of the molecule is c1ccc2c(c1)CCC2Nc1ccc(-c2nnco2)cc1. The van der Waals surface area contributed by atoms with E-state index in [9.17, 15) is 0 Å². The van der Waals surface area contributed by atoms with Gasteiger partial charge in [0.2, 0.25) is 12.3 Å². The number of hydrogen-bond acceptors (Lipinski definition) is 4. The van der Waals surface area contributed by atoms with E-state index in [-0.39, 0.29) is 0 Å². The summed E-state index contributed by atoms with van der Waals surface area (Å²) in [6.45, 7) is 0. The molecular weight excluding hydrogens is 262 g/mol. The highest BCUT2D eigenvalue weighted by Gasteiger charge is 2.21. The molecule has 1 N–H and O–H groups in total. The summed E-state index contributed by atoms with van der Waals surface area (Å²) in [5.74, 6) is 0.549. The monoisotopic (exact) mass is 277 g/mol. The first kappa shape index (κ1) is 12.1. The molecule has 21 heavy (non-hydrogen) atoms. The molecule has 0 saturated heterocycles. The highest BCUT2D eigenvalue weighted by Crippen LogP contribution is 2.33. The number of aromatic nitrogens is 2. The maximum absolute atomic E-state index is 5.20. The van der Waals surface area contributed by atoms with Gasteiger partial charge >= 0.3 is 0 Å². The van der Waals surface area contributed by atoms with Crippen molar-refractivity contribution in [1.82, 2.24) is 10.2 Å². The van der Waals surface area contributed by atoms with Crippen molar-refractivity contribution in [3.05, 3.63) is 66.1 Å². The van der Waals surface area contributed by atoms with Crippen LogP contribution in [0.25, 0.3) is 11.5 Å². The minimum atomic E-state index is 0.399. The van der Waals surface area contributed by atoms with Crippen LogP contribution in [0.4, 0.5) is 5.69 Å². The van der Waals surface area contributed by atoms with Gasteiger partial charge in [-0.15, -0.1) is 10.2 Å². The summed E-state index contributed by atoms with van der Waals surface area (Å²) in [4.78, 5) is 0. The second kappa shape index (κ2) is 5.05. The highest BCUT2D eigenvalue weighted by atomic mass is 16.4. The van der Waals surface area contributed by atoms with Crippen LogP contribution in [0.15, 0.2) is 59.3 Å². The molecule has 0 fully saturated rings. The molecule has 0 radical (unpaired) electrons. The standard InChI is InChI=1S/C17H15N3O/c1-2-4-15-12(3-1)7-10-16(15)19-14-8-5-13(6-9-14)17-20-18-11-21-17/h1-6,8-9,11,16,19H,7,10H2. The zero-order chi connectivity index (χ0) is 14.1. The van der Waals surface area contributed by atoms with Gasteiger partial charge in [0.25, 0.3) is 0 Å². The summed E-state index contributed by atoms with van der Waals surface area (Å²) < 4.78 is 5.20. The van der Waals surface area contributed by atoms with E-state index >= 15 is 0 Å². The molecular formula is C17H15N3O. The Morgan fingerprint density at radius 1 is 1.05 bits per heavy atom. The van der Waals surface area contributed by atoms with Crippen molar-refractivity contribution in [2.45, 2.75) is 18.9 Å². The molecule has 2 aromatic carbocycles. The number of rotatable bonds is 3. The van der Waals surface area contributed by atoms with Crippen molar-refractivity contribution in [1.29, 1.82) is 0 Å². The lowest BCUT2D eigenvalue weighted by molar-refractivity contribution is 0.568. The van der Waals surface area contributed by atoms with Crippen molar-refractivity contribution in [3.8, 4) is 11.5 Å². The first-order chi connectivity index (χ1) is 10.4. The minimum Gasteiger partial charge on any atom is -0.423 e. The van der Waals surface area contributed by atoms with Crippen LogP contribution in [0.5, 0.6) is 0 Å². The predicted molar refractivity (Wildman–Crippen MR) is 80.9 cm³/mol. The van der Waals surface area contributed by atoms with E-state index in [0.717, 1.165) is 24.1 Å². The van der Waals surface area contributed by atoms with Gasteiger partial charge in [-0.3, -0.25) is 0 Å². The fourth-order valence-corrected chi connectivity index (χ4v) is 2.92. The van der Waals surface area contributed by atoms with Crippen molar-refractivity contribution >= 4 is 5.69 Å². The third-order valence-electron chi connectivity index (χ3n) is 3.97. The normalized spacial score (nSPS) is 16.7. The first-order valence-electron chi connectivity index (χ1n) is 7.11. The number of hydrogen-bond donors (Lipinski definition) is 1. The van der Waals surface area contributed by atoms with Crippen LogP contribution in [0.3, 0.4) is 0 Å². The molecule has 1 unspecified atom stereocenters. The van der Waals surface area contributed by atoms with Gasteiger partial charge in [0.15, 0.2) is 0 Å². The number of nitrogens with one attached hydrogen (secondary N) is 1. The molecule has 1 aliphatic rings. The molecule has 3 aromatic rings. The van der Waals surface area contributed by atoms with E-state index < -0.39 is 0 Å². The summed E-state index contributed by atoms with van der Waals surface area (Å²) in [5, 5.41) is 11.2. The van der Waals surface area contributed by atoms with E-state index in [1.165, 1.54) is 17.5 Å². The summed E-state index contributed by atoms with van der Waals surface area (Å²) in [5.41, 5.74) is 4.92. The van der Waals surface area contributed by atoms with Crippen LogP contribution in [0, 0.1) is 0 Å². The van der Waals surface area contributed by atoms with Gasteiger partial charge < -0.3 is 9.73 Å². The molecule has 1 atom stereocenters. The Kier molecular flexibility index (Phi) is 2.92. The van der Waals surface area contributed by atoms with E-state index in [4.69, 9.17) is 4.42 Å². The maximum atomic E-state index is 5.20. The predicted octanol–water partition coefficient (Wildman–Crippen LogP) is 3.84. The molecule has 0 bridgehead atoms.